The van der Waals surface area contributed by atoms with Gasteiger partial charge in [0.05, 0.1) is 15.9 Å². The highest BCUT2D eigenvalue weighted by molar-refractivity contribution is 7.89. The van der Waals surface area contributed by atoms with Crippen molar-refractivity contribution >= 4 is 21.7 Å². The van der Waals surface area contributed by atoms with Gasteiger partial charge in [-0.05, 0) is 37.3 Å². The predicted octanol–water partition coefficient (Wildman–Crippen LogP) is 3.07. The molecule has 1 N–H and O–H groups in total. The smallest absolute Gasteiger partial charge is 0.317 e. The third-order valence-electron chi connectivity index (χ3n) is 6.00. The van der Waals surface area contributed by atoms with E-state index in [1.807, 2.05) is 31.2 Å². The van der Waals surface area contributed by atoms with E-state index in [9.17, 15) is 23.3 Å². The molecule has 2 aromatic rings. The lowest BCUT2D eigenvalue weighted by molar-refractivity contribution is -0.385. The maximum Gasteiger partial charge on any atom is 0.317 e. The summed E-state index contributed by atoms with van der Waals surface area (Å²) >= 11 is 0. The predicted molar refractivity (Wildman–Crippen MR) is 119 cm³/mol. The molecule has 0 aromatic heterocycles. The lowest BCUT2D eigenvalue weighted by Crippen LogP contribution is -2.53. The average molecular weight is 459 g/mol. The molecule has 9 nitrogen and oxygen atoms in total. The summed E-state index contributed by atoms with van der Waals surface area (Å²) in [6, 6.07) is 12.9. The van der Waals surface area contributed by atoms with Crippen LogP contribution in [-0.4, -0.2) is 54.8 Å². The molecule has 1 atom stereocenters. The van der Waals surface area contributed by atoms with Crippen molar-refractivity contribution in [3.63, 3.8) is 0 Å². The number of hydrogen-bond acceptors (Lipinski definition) is 5. The van der Waals surface area contributed by atoms with Crippen LogP contribution in [0.5, 0.6) is 0 Å². The van der Waals surface area contributed by atoms with Gasteiger partial charge in [0.25, 0.3) is 5.69 Å². The minimum atomic E-state index is -3.87. The third kappa shape index (κ3) is 4.76. The number of piperazine rings is 1. The number of benzene rings is 2. The summed E-state index contributed by atoms with van der Waals surface area (Å²) in [5.74, 6) is 0.428. The molecule has 10 heteroatoms. The van der Waals surface area contributed by atoms with E-state index in [1.165, 1.54) is 22.5 Å². The number of nitrogens with one attached hydrogen (secondary N) is 1. The standard InChI is InChI=1S/C22H26N4O5S/c1-16-5-7-17(8-6-16)21(18-9-10-18)23-22(27)24-11-13-25(14-12-24)32(30,31)20-4-2-3-19(15-20)26(28)29/h2-8,15,18,21H,9-14H2,1H3,(H,23,27). The lowest BCUT2D eigenvalue weighted by Gasteiger charge is -2.35. The SMILES string of the molecule is Cc1ccc(C(NC(=O)N2CCN(S(=O)(=O)c3cccc([N+](=O)[O-])c3)CC2)C2CC2)cc1. The summed E-state index contributed by atoms with van der Waals surface area (Å²) in [4.78, 5) is 24.8. The number of carbonyl (C=O) groups is 1. The first-order chi connectivity index (χ1) is 15.3. The minimum Gasteiger partial charge on any atom is -0.331 e. The van der Waals surface area contributed by atoms with Crippen LogP contribution in [0.2, 0.25) is 0 Å². The molecule has 1 aliphatic heterocycles. The number of nitro benzene ring substituents is 1. The maximum atomic E-state index is 12.9. The highest BCUT2D eigenvalue weighted by Crippen LogP contribution is 2.41. The van der Waals surface area contributed by atoms with Crippen LogP contribution in [0.25, 0.3) is 0 Å². The Morgan fingerprint density at radius 1 is 1.09 bits per heavy atom. The van der Waals surface area contributed by atoms with Crippen LogP contribution in [0, 0.1) is 23.0 Å². The van der Waals surface area contributed by atoms with Gasteiger partial charge in [-0.15, -0.1) is 0 Å². The number of nitrogens with zero attached hydrogens (tertiary/aromatic N) is 3. The Labute approximate surface area is 187 Å². The number of amides is 2. The molecule has 2 aliphatic rings. The van der Waals surface area contributed by atoms with E-state index in [1.54, 1.807) is 4.90 Å². The number of hydrogen-bond donors (Lipinski definition) is 1. The zero-order valence-corrected chi connectivity index (χ0v) is 18.6. The number of aryl methyl sites for hydroxylation is 1. The van der Waals surface area contributed by atoms with Crippen LogP contribution in [0.1, 0.15) is 30.0 Å². The van der Waals surface area contributed by atoms with Crippen molar-refractivity contribution in [1.82, 2.24) is 14.5 Å². The summed E-state index contributed by atoms with van der Waals surface area (Å²) in [5, 5.41) is 14.1. The van der Waals surface area contributed by atoms with Crippen molar-refractivity contribution in [3.8, 4) is 0 Å². The zero-order valence-electron chi connectivity index (χ0n) is 17.8. The second-order valence-electron chi connectivity index (χ2n) is 8.32. The summed E-state index contributed by atoms with van der Waals surface area (Å²) in [7, 11) is -3.87. The molecular formula is C22H26N4O5S. The Kier molecular flexibility index (Phi) is 6.16. The summed E-state index contributed by atoms with van der Waals surface area (Å²) in [5.41, 5.74) is 1.97. The monoisotopic (exact) mass is 458 g/mol. The van der Waals surface area contributed by atoms with Gasteiger partial charge < -0.3 is 10.2 Å². The van der Waals surface area contributed by atoms with E-state index in [-0.39, 0.29) is 48.8 Å². The van der Waals surface area contributed by atoms with E-state index in [0.29, 0.717) is 5.92 Å². The van der Waals surface area contributed by atoms with Crippen LogP contribution >= 0.6 is 0 Å². The van der Waals surface area contributed by atoms with Crippen LogP contribution in [0.3, 0.4) is 0 Å². The van der Waals surface area contributed by atoms with Gasteiger partial charge in [-0.25, -0.2) is 13.2 Å². The second-order valence-corrected chi connectivity index (χ2v) is 10.3. The molecule has 1 saturated carbocycles. The first-order valence-electron chi connectivity index (χ1n) is 10.6. The first-order valence-corrected chi connectivity index (χ1v) is 12.1. The molecule has 2 fully saturated rings. The van der Waals surface area contributed by atoms with Crippen molar-refractivity contribution in [2.24, 2.45) is 5.92 Å². The molecular weight excluding hydrogens is 432 g/mol. The van der Waals surface area contributed by atoms with Gasteiger partial charge in [0, 0.05) is 38.3 Å². The van der Waals surface area contributed by atoms with Crippen molar-refractivity contribution in [2.75, 3.05) is 26.2 Å². The van der Waals surface area contributed by atoms with Gasteiger partial charge in [0.15, 0.2) is 0 Å². The van der Waals surface area contributed by atoms with Gasteiger partial charge in [-0.2, -0.15) is 4.31 Å². The Bertz CT molecular complexity index is 1110. The van der Waals surface area contributed by atoms with Gasteiger partial charge in [0.2, 0.25) is 10.0 Å². The zero-order chi connectivity index (χ0) is 22.9. The van der Waals surface area contributed by atoms with E-state index in [0.717, 1.165) is 30.0 Å². The van der Waals surface area contributed by atoms with Crippen LogP contribution in [0.4, 0.5) is 10.5 Å². The van der Waals surface area contributed by atoms with E-state index >= 15 is 0 Å². The highest BCUT2D eigenvalue weighted by Gasteiger charge is 2.36. The van der Waals surface area contributed by atoms with Crippen molar-refractivity contribution in [3.05, 3.63) is 69.8 Å². The summed E-state index contributed by atoms with van der Waals surface area (Å²) in [6.45, 7) is 2.81. The third-order valence-corrected chi connectivity index (χ3v) is 7.90. The van der Waals surface area contributed by atoms with Gasteiger partial charge in [-0.3, -0.25) is 10.1 Å². The molecule has 2 aromatic carbocycles. The molecule has 2 amide bonds. The Hall–Kier alpha value is -2.98. The fourth-order valence-electron chi connectivity index (χ4n) is 3.94. The topological polar surface area (TPSA) is 113 Å². The lowest BCUT2D eigenvalue weighted by atomic mass is 10.0. The largest absolute Gasteiger partial charge is 0.331 e. The molecule has 170 valence electrons. The van der Waals surface area contributed by atoms with Crippen molar-refractivity contribution in [1.29, 1.82) is 0 Å². The van der Waals surface area contributed by atoms with Gasteiger partial charge in [0.1, 0.15) is 0 Å². The average Bonchev–Trinajstić information content (AvgIpc) is 3.63. The molecule has 1 unspecified atom stereocenters. The number of non-ortho nitro benzene ring substituents is 1. The number of rotatable bonds is 6. The Morgan fingerprint density at radius 3 is 2.34 bits per heavy atom. The first kappa shape index (κ1) is 22.2. The van der Waals surface area contributed by atoms with E-state index in [4.69, 9.17) is 0 Å². The number of carbonyl (C=O) groups excluding carboxylic acids is 1. The normalized spacial score (nSPS) is 18.2. The van der Waals surface area contributed by atoms with Crippen molar-refractivity contribution in [2.45, 2.75) is 30.7 Å². The molecule has 32 heavy (non-hydrogen) atoms. The fourth-order valence-corrected chi connectivity index (χ4v) is 5.40. The van der Waals surface area contributed by atoms with Crippen LogP contribution in [-0.2, 0) is 10.0 Å². The molecule has 1 heterocycles. The fraction of sp³-hybridized carbons (Fsp3) is 0.409. The van der Waals surface area contributed by atoms with Crippen molar-refractivity contribution < 1.29 is 18.1 Å². The maximum absolute atomic E-state index is 12.9. The summed E-state index contributed by atoms with van der Waals surface area (Å²) in [6.07, 6.45) is 2.15. The summed E-state index contributed by atoms with van der Waals surface area (Å²) < 4.78 is 27.1. The molecule has 1 aliphatic carbocycles. The molecule has 0 radical (unpaired) electrons. The van der Waals surface area contributed by atoms with E-state index in [2.05, 4.69) is 5.32 Å². The molecule has 1 saturated heterocycles. The molecule has 0 bridgehead atoms. The van der Waals surface area contributed by atoms with E-state index < -0.39 is 14.9 Å². The van der Waals surface area contributed by atoms with Gasteiger partial charge in [-0.1, -0.05) is 35.9 Å². The van der Waals surface area contributed by atoms with Gasteiger partial charge >= 0.3 is 6.03 Å². The molecule has 0 spiro atoms. The number of sulfonamides is 1. The second kappa shape index (κ2) is 8.87. The Morgan fingerprint density at radius 2 is 1.75 bits per heavy atom. The number of urea groups is 1. The minimum absolute atomic E-state index is 0.0465. The number of nitro groups is 1. The Balaban J connectivity index is 1.39. The highest BCUT2D eigenvalue weighted by atomic mass is 32.2. The van der Waals surface area contributed by atoms with Crippen LogP contribution in [0.15, 0.2) is 53.4 Å². The quantitative estimate of drug-likeness (QED) is 0.528. The van der Waals surface area contributed by atoms with Crippen LogP contribution < -0.4 is 5.32 Å². The molecule has 4 rings (SSSR count).